The van der Waals surface area contributed by atoms with Crippen molar-refractivity contribution in [3.63, 3.8) is 0 Å². The molecule has 21 heavy (non-hydrogen) atoms. The third kappa shape index (κ3) is 2.67. The van der Waals surface area contributed by atoms with Crippen LogP contribution in [0.2, 0.25) is 10.0 Å². The van der Waals surface area contributed by atoms with Gasteiger partial charge in [0.05, 0.1) is 5.52 Å². The summed E-state index contributed by atoms with van der Waals surface area (Å²) < 4.78 is 0. The third-order valence-electron chi connectivity index (χ3n) is 3.34. The molecular weight excluding hydrogens is 305 g/mol. The van der Waals surface area contributed by atoms with Crippen LogP contribution in [0.1, 0.15) is 5.56 Å². The maximum absolute atomic E-state index is 6.09. The van der Waals surface area contributed by atoms with Crippen molar-refractivity contribution in [2.24, 2.45) is 0 Å². The minimum atomic E-state index is 0.647. The predicted octanol–water partition coefficient (Wildman–Crippen LogP) is 4.95. The van der Waals surface area contributed by atoms with Crippen LogP contribution >= 0.6 is 23.2 Å². The Morgan fingerprint density at radius 3 is 2.43 bits per heavy atom. The highest BCUT2D eigenvalue weighted by molar-refractivity contribution is 6.31. The molecule has 2 aromatic carbocycles. The molecule has 0 unspecified atom stereocenters. The van der Waals surface area contributed by atoms with Crippen molar-refractivity contribution < 1.29 is 0 Å². The number of hydrogen-bond donors (Lipinski definition) is 1. The lowest BCUT2D eigenvalue weighted by Crippen LogP contribution is -1.99. The lowest BCUT2D eigenvalue weighted by Gasteiger charge is -2.10. The van der Waals surface area contributed by atoms with E-state index in [0.717, 1.165) is 27.8 Å². The topological polar surface area (TPSA) is 37.8 Å². The fraction of sp³-hybridized carbons (Fsp3) is 0.125. The lowest BCUT2D eigenvalue weighted by molar-refractivity contribution is 1.20. The van der Waals surface area contributed by atoms with Crippen LogP contribution in [-0.2, 0) is 0 Å². The first kappa shape index (κ1) is 14.1. The first-order valence-electron chi connectivity index (χ1n) is 6.50. The summed E-state index contributed by atoms with van der Waals surface area (Å²) in [6.45, 7) is 2.01. The molecule has 0 saturated carbocycles. The molecule has 0 bridgehead atoms. The van der Waals surface area contributed by atoms with E-state index in [2.05, 4.69) is 15.3 Å². The number of aryl methyl sites for hydroxylation is 1. The van der Waals surface area contributed by atoms with E-state index in [9.17, 15) is 0 Å². The monoisotopic (exact) mass is 317 g/mol. The van der Waals surface area contributed by atoms with Crippen molar-refractivity contribution in [1.29, 1.82) is 0 Å². The third-order valence-corrected chi connectivity index (χ3v) is 3.81. The van der Waals surface area contributed by atoms with Gasteiger partial charge in [-0.05, 0) is 42.8 Å². The molecule has 3 nitrogen and oxygen atoms in total. The Balaban J connectivity index is 2.29. The number of nitrogens with zero attached hydrogens (tertiary/aromatic N) is 2. The van der Waals surface area contributed by atoms with Crippen molar-refractivity contribution in [2.45, 2.75) is 6.92 Å². The maximum atomic E-state index is 6.09. The molecule has 106 valence electrons. The highest BCUT2D eigenvalue weighted by Crippen LogP contribution is 2.29. The highest BCUT2D eigenvalue weighted by atomic mass is 35.5. The van der Waals surface area contributed by atoms with Crippen LogP contribution in [0.25, 0.3) is 22.3 Å². The zero-order chi connectivity index (χ0) is 15.0. The van der Waals surface area contributed by atoms with E-state index in [1.165, 1.54) is 0 Å². The van der Waals surface area contributed by atoms with Crippen LogP contribution in [0, 0.1) is 6.92 Å². The maximum Gasteiger partial charge on any atom is 0.162 e. The Morgan fingerprint density at radius 1 is 0.952 bits per heavy atom. The average Bonchev–Trinajstić information content (AvgIpc) is 2.48. The van der Waals surface area contributed by atoms with Crippen LogP contribution in [0.3, 0.4) is 0 Å². The van der Waals surface area contributed by atoms with Gasteiger partial charge in [-0.2, -0.15) is 0 Å². The second kappa shape index (κ2) is 5.51. The number of halogens is 2. The second-order valence-corrected chi connectivity index (χ2v) is 5.64. The molecule has 0 aliphatic rings. The second-order valence-electron chi connectivity index (χ2n) is 4.77. The van der Waals surface area contributed by atoms with E-state index < -0.39 is 0 Å². The minimum Gasteiger partial charge on any atom is -0.373 e. The van der Waals surface area contributed by atoms with E-state index in [1.807, 2.05) is 50.4 Å². The molecule has 0 aliphatic carbocycles. The number of rotatable bonds is 2. The van der Waals surface area contributed by atoms with Crippen LogP contribution < -0.4 is 5.32 Å². The van der Waals surface area contributed by atoms with Gasteiger partial charge in [0.2, 0.25) is 0 Å². The number of anilines is 1. The molecule has 1 heterocycles. The molecule has 3 aromatic rings. The van der Waals surface area contributed by atoms with E-state index in [4.69, 9.17) is 23.2 Å². The van der Waals surface area contributed by atoms with E-state index in [-0.39, 0.29) is 0 Å². The van der Waals surface area contributed by atoms with Crippen molar-refractivity contribution in [2.75, 3.05) is 12.4 Å². The zero-order valence-corrected chi connectivity index (χ0v) is 13.1. The minimum absolute atomic E-state index is 0.647. The van der Waals surface area contributed by atoms with E-state index in [0.29, 0.717) is 15.9 Å². The Bertz CT molecular complexity index is 831. The van der Waals surface area contributed by atoms with Gasteiger partial charge in [-0.1, -0.05) is 29.3 Å². The number of fused-ring (bicyclic) bond motifs is 1. The van der Waals surface area contributed by atoms with Gasteiger partial charge >= 0.3 is 0 Å². The van der Waals surface area contributed by atoms with Gasteiger partial charge in [0.15, 0.2) is 5.82 Å². The summed E-state index contributed by atoms with van der Waals surface area (Å²) in [6.07, 6.45) is 0. The van der Waals surface area contributed by atoms with E-state index in [1.54, 1.807) is 0 Å². The van der Waals surface area contributed by atoms with Gasteiger partial charge in [-0.3, -0.25) is 0 Å². The van der Waals surface area contributed by atoms with Gasteiger partial charge in [-0.25, -0.2) is 9.97 Å². The van der Waals surface area contributed by atoms with Crippen LogP contribution in [0.4, 0.5) is 5.82 Å². The molecule has 0 amide bonds. The summed E-state index contributed by atoms with van der Waals surface area (Å²) >= 11 is 12.1. The number of hydrogen-bond acceptors (Lipinski definition) is 3. The van der Waals surface area contributed by atoms with Crippen molar-refractivity contribution in [3.8, 4) is 11.4 Å². The molecule has 0 aliphatic heterocycles. The molecule has 1 N–H and O–H groups in total. The quantitative estimate of drug-likeness (QED) is 0.726. The summed E-state index contributed by atoms with van der Waals surface area (Å²) in [4.78, 5) is 9.22. The summed E-state index contributed by atoms with van der Waals surface area (Å²) in [5.41, 5.74) is 2.85. The predicted molar refractivity (Wildman–Crippen MR) is 89.3 cm³/mol. The van der Waals surface area contributed by atoms with Gasteiger partial charge in [0.25, 0.3) is 0 Å². The first-order valence-corrected chi connectivity index (χ1v) is 7.25. The molecule has 1 aromatic heterocycles. The summed E-state index contributed by atoms with van der Waals surface area (Å²) in [7, 11) is 1.83. The normalized spacial score (nSPS) is 10.9. The largest absolute Gasteiger partial charge is 0.373 e. The molecule has 0 radical (unpaired) electrons. The zero-order valence-electron chi connectivity index (χ0n) is 11.6. The van der Waals surface area contributed by atoms with Crippen LogP contribution in [0.15, 0.2) is 36.4 Å². The highest BCUT2D eigenvalue weighted by Gasteiger charge is 2.11. The van der Waals surface area contributed by atoms with Gasteiger partial charge in [0.1, 0.15) is 5.82 Å². The standard InChI is InChI=1S/C16H13Cl2N3/c1-9-3-4-10(17)7-12(9)16-20-14-6-5-11(18)8-13(14)15(19-2)21-16/h3-8H,1-2H3,(H,19,20,21). The molecule has 0 fully saturated rings. The Morgan fingerprint density at radius 2 is 1.67 bits per heavy atom. The van der Waals surface area contributed by atoms with Gasteiger partial charge < -0.3 is 5.32 Å². The van der Waals surface area contributed by atoms with E-state index >= 15 is 0 Å². The lowest BCUT2D eigenvalue weighted by atomic mass is 10.1. The van der Waals surface area contributed by atoms with Crippen LogP contribution in [-0.4, -0.2) is 17.0 Å². The van der Waals surface area contributed by atoms with Crippen LogP contribution in [0.5, 0.6) is 0 Å². The summed E-state index contributed by atoms with van der Waals surface area (Å²) in [5.74, 6) is 1.39. The summed E-state index contributed by atoms with van der Waals surface area (Å²) in [6, 6.07) is 11.3. The van der Waals surface area contributed by atoms with Crippen molar-refractivity contribution in [1.82, 2.24) is 9.97 Å². The molecule has 5 heteroatoms. The smallest absolute Gasteiger partial charge is 0.162 e. The van der Waals surface area contributed by atoms with Crippen molar-refractivity contribution in [3.05, 3.63) is 52.0 Å². The Hall–Kier alpha value is -1.84. The van der Waals surface area contributed by atoms with Gasteiger partial charge in [-0.15, -0.1) is 0 Å². The fourth-order valence-electron chi connectivity index (χ4n) is 2.25. The van der Waals surface area contributed by atoms with Crippen molar-refractivity contribution >= 4 is 39.9 Å². The summed E-state index contributed by atoms with van der Waals surface area (Å²) in [5, 5.41) is 5.32. The Labute approximate surface area is 132 Å². The first-order chi connectivity index (χ1) is 10.1. The average molecular weight is 318 g/mol. The molecular formula is C16H13Cl2N3. The molecule has 3 rings (SSSR count). The SMILES string of the molecule is CNc1nc(-c2cc(Cl)ccc2C)nc2ccc(Cl)cc12. The molecule has 0 saturated heterocycles. The number of benzene rings is 2. The molecule has 0 atom stereocenters. The molecule has 0 spiro atoms. The number of nitrogens with one attached hydrogen (secondary N) is 1. The Kier molecular flexibility index (Phi) is 3.70. The number of aromatic nitrogens is 2. The van der Waals surface area contributed by atoms with Gasteiger partial charge in [0, 0.05) is 28.0 Å². The fourth-order valence-corrected chi connectivity index (χ4v) is 2.59.